The molecule has 7 heteroatoms. The van der Waals surface area contributed by atoms with E-state index >= 15 is 0 Å². The Morgan fingerprint density at radius 3 is 2.05 bits per heavy atom. The van der Waals surface area contributed by atoms with Crippen LogP contribution in [-0.2, 0) is 19.1 Å². The predicted molar refractivity (Wildman–Crippen MR) is 176 cm³/mol. The molecule has 256 valence electrons. The zero-order chi connectivity index (χ0) is 32.0. The van der Waals surface area contributed by atoms with Crippen LogP contribution in [0.25, 0.3) is 0 Å². The van der Waals surface area contributed by atoms with Crippen LogP contribution in [0.4, 0.5) is 0 Å². The van der Waals surface area contributed by atoms with E-state index in [1.54, 1.807) is 0 Å². The van der Waals surface area contributed by atoms with Gasteiger partial charge in [-0.25, -0.2) is 0 Å². The van der Waals surface area contributed by atoms with Crippen LogP contribution in [0.1, 0.15) is 168 Å². The number of cyclic esters (lactones) is 1. The molecule has 2 aliphatic rings. The van der Waals surface area contributed by atoms with E-state index < -0.39 is 18.3 Å². The average molecular weight is 623 g/mol. The molecular formula is C37H66O7. The minimum atomic E-state index is -0.825. The predicted octanol–water partition coefficient (Wildman–Crippen LogP) is 7.91. The lowest BCUT2D eigenvalue weighted by molar-refractivity contribution is -0.145. The third-order valence-corrected chi connectivity index (χ3v) is 9.54. The lowest BCUT2D eigenvalue weighted by Crippen LogP contribution is -2.31. The monoisotopic (exact) mass is 622 g/mol. The first-order chi connectivity index (χ1) is 21.3. The summed E-state index contributed by atoms with van der Waals surface area (Å²) >= 11 is 0. The third-order valence-electron chi connectivity index (χ3n) is 9.54. The van der Waals surface area contributed by atoms with Gasteiger partial charge in [-0.15, -0.1) is 0 Å². The highest BCUT2D eigenvalue weighted by Crippen LogP contribution is 2.30. The largest absolute Gasteiger partial charge is 0.462 e. The maximum atomic E-state index is 11.9. The van der Waals surface area contributed by atoms with E-state index in [9.17, 15) is 24.9 Å². The van der Waals surface area contributed by atoms with Gasteiger partial charge in [0.05, 0.1) is 36.4 Å². The van der Waals surface area contributed by atoms with Gasteiger partial charge in [0.1, 0.15) is 11.9 Å². The van der Waals surface area contributed by atoms with Gasteiger partial charge in [0, 0.05) is 6.42 Å². The number of unbranched alkanes of at least 4 members (excludes halogenated alkanes) is 12. The number of hydrogen-bond donors (Lipinski definition) is 3. The van der Waals surface area contributed by atoms with E-state index in [-0.39, 0.29) is 42.4 Å². The Morgan fingerprint density at radius 1 is 0.773 bits per heavy atom. The van der Waals surface area contributed by atoms with Gasteiger partial charge in [0.2, 0.25) is 0 Å². The minimum Gasteiger partial charge on any atom is -0.462 e. The first kappa shape index (κ1) is 38.9. The van der Waals surface area contributed by atoms with Crippen LogP contribution in [0.5, 0.6) is 0 Å². The molecule has 0 amide bonds. The number of carbonyl (C=O) groups is 2. The number of aliphatic hydroxyl groups is 3. The molecule has 0 bridgehead atoms. The summed E-state index contributed by atoms with van der Waals surface area (Å²) in [5, 5.41) is 31.4. The highest BCUT2D eigenvalue weighted by Gasteiger charge is 2.35. The van der Waals surface area contributed by atoms with E-state index in [0.717, 1.165) is 57.8 Å². The fraction of sp³-hybridized carbons (Fsp3) is 0.892. The molecule has 0 radical (unpaired) electrons. The topological polar surface area (TPSA) is 113 Å². The SMILES string of the molecule is CCCCCCCCCCCC/C=C\CC[C@@H](O)[C@H](O)CC[C@H](O)[C@@H]1CC[C@H](CCCCC[C@H]2C[C@@H](CC(C)=O)C(=O)O2)O1. The number of ether oxygens (including phenoxy) is 2. The number of esters is 1. The van der Waals surface area contributed by atoms with Crippen molar-refractivity contribution in [2.75, 3.05) is 0 Å². The molecule has 7 nitrogen and oxygen atoms in total. The summed E-state index contributed by atoms with van der Waals surface area (Å²) in [6.07, 6.45) is 26.2. The van der Waals surface area contributed by atoms with Gasteiger partial charge in [0.15, 0.2) is 0 Å². The Balaban J connectivity index is 1.43. The summed E-state index contributed by atoms with van der Waals surface area (Å²) < 4.78 is 11.5. The van der Waals surface area contributed by atoms with Crippen LogP contribution in [-0.4, -0.2) is 63.7 Å². The van der Waals surface area contributed by atoms with Gasteiger partial charge >= 0.3 is 5.97 Å². The molecule has 44 heavy (non-hydrogen) atoms. The van der Waals surface area contributed by atoms with Gasteiger partial charge in [-0.3, -0.25) is 4.79 Å². The van der Waals surface area contributed by atoms with Crippen molar-refractivity contribution in [2.24, 2.45) is 5.92 Å². The van der Waals surface area contributed by atoms with Crippen molar-refractivity contribution < 1.29 is 34.4 Å². The van der Waals surface area contributed by atoms with Crippen LogP contribution in [0, 0.1) is 5.92 Å². The average Bonchev–Trinajstić information content (AvgIpc) is 3.61. The Hall–Kier alpha value is -1.28. The van der Waals surface area contributed by atoms with E-state index in [2.05, 4.69) is 19.1 Å². The number of rotatable bonds is 27. The first-order valence-corrected chi connectivity index (χ1v) is 18.3. The number of ketones is 1. The van der Waals surface area contributed by atoms with Crippen LogP contribution < -0.4 is 0 Å². The third kappa shape index (κ3) is 17.4. The van der Waals surface area contributed by atoms with E-state index in [4.69, 9.17) is 9.47 Å². The molecule has 0 aromatic heterocycles. The molecule has 0 saturated carbocycles. The minimum absolute atomic E-state index is 0.0365. The molecule has 0 spiro atoms. The fourth-order valence-electron chi connectivity index (χ4n) is 6.73. The lowest BCUT2D eigenvalue weighted by atomic mass is 9.96. The summed E-state index contributed by atoms with van der Waals surface area (Å²) in [5.74, 6) is -0.448. The lowest BCUT2D eigenvalue weighted by Gasteiger charge is -2.22. The Kier molecular flexibility index (Phi) is 21.2. The van der Waals surface area contributed by atoms with Gasteiger partial charge < -0.3 is 29.6 Å². The van der Waals surface area contributed by atoms with E-state index in [1.807, 2.05) is 0 Å². The Bertz CT molecular complexity index is 784. The first-order valence-electron chi connectivity index (χ1n) is 18.3. The molecule has 0 aromatic rings. The van der Waals surface area contributed by atoms with Crippen molar-refractivity contribution in [1.82, 2.24) is 0 Å². The van der Waals surface area contributed by atoms with Crippen LogP contribution in [0.3, 0.4) is 0 Å². The van der Waals surface area contributed by atoms with Crippen molar-refractivity contribution in [3.8, 4) is 0 Å². The standard InChI is InChI=1S/C37H66O7/c1-3-4-5-6-7-8-9-10-11-12-13-14-15-19-22-33(39)34(40)24-25-35(41)36-26-23-31(43-36)20-17-16-18-21-32-28-30(27-29(2)38)37(42)44-32/h14-15,30-36,39-41H,3-13,16-28H2,1-2H3/b15-14-/t30-,31+,32+,33-,34-,35+,36+/m1/s1. The van der Waals surface area contributed by atoms with Gasteiger partial charge in [-0.05, 0) is 84.0 Å². The van der Waals surface area contributed by atoms with E-state index in [1.165, 1.54) is 71.1 Å². The number of aliphatic hydroxyl groups excluding tert-OH is 3. The maximum absolute atomic E-state index is 11.9. The Labute approximate surface area is 268 Å². The van der Waals surface area contributed by atoms with Crippen LogP contribution in [0.2, 0.25) is 0 Å². The number of Topliss-reactive ketones (excluding diaryl/α,β-unsaturated/α-hetero) is 1. The van der Waals surface area contributed by atoms with Crippen molar-refractivity contribution in [2.45, 2.75) is 205 Å². The summed E-state index contributed by atoms with van der Waals surface area (Å²) in [5.41, 5.74) is 0. The van der Waals surface area contributed by atoms with Crippen LogP contribution >= 0.6 is 0 Å². The van der Waals surface area contributed by atoms with Gasteiger partial charge in [-0.2, -0.15) is 0 Å². The summed E-state index contributed by atoms with van der Waals surface area (Å²) in [4.78, 5) is 23.2. The summed E-state index contributed by atoms with van der Waals surface area (Å²) in [6.45, 7) is 3.78. The van der Waals surface area contributed by atoms with Crippen molar-refractivity contribution in [3.63, 3.8) is 0 Å². The fourth-order valence-corrected chi connectivity index (χ4v) is 6.73. The number of carbonyl (C=O) groups excluding carboxylic acids is 2. The second-order valence-electron chi connectivity index (χ2n) is 13.7. The van der Waals surface area contributed by atoms with Gasteiger partial charge in [-0.1, -0.05) is 89.7 Å². The smallest absolute Gasteiger partial charge is 0.309 e. The van der Waals surface area contributed by atoms with Crippen molar-refractivity contribution in [1.29, 1.82) is 0 Å². The number of hydrogen-bond acceptors (Lipinski definition) is 7. The summed E-state index contributed by atoms with van der Waals surface area (Å²) in [7, 11) is 0. The highest BCUT2D eigenvalue weighted by atomic mass is 16.6. The molecule has 2 aliphatic heterocycles. The molecule has 2 rings (SSSR count). The molecule has 2 fully saturated rings. The molecule has 2 saturated heterocycles. The highest BCUT2D eigenvalue weighted by molar-refractivity contribution is 5.83. The molecule has 3 N–H and O–H groups in total. The number of allylic oxidation sites excluding steroid dienone is 2. The zero-order valence-corrected chi connectivity index (χ0v) is 28.1. The molecule has 0 aromatic carbocycles. The van der Waals surface area contributed by atoms with Crippen molar-refractivity contribution >= 4 is 11.8 Å². The van der Waals surface area contributed by atoms with Gasteiger partial charge in [0.25, 0.3) is 0 Å². The molecule has 0 unspecified atom stereocenters. The normalized spacial score (nSPS) is 24.2. The molecule has 2 heterocycles. The maximum Gasteiger partial charge on any atom is 0.309 e. The van der Waals surface area contributed by atoms with Crippen molar-refractivity contribution in [3.05, 3.63) is 12.2 Å². The van der Waals surface area contributed by atoms with Crippen LogP contribution in [0.15, 0.2) is 12.2 Å². The second kappa shape index (κ2) is 24.0. The second-order valence-corrected chi connectivity index (χ2v) is 13.7. The molecule has 0 aliphatic carbocycles. The Morgan fingerprint density at radius 2 is 1.36 bits per heavy atom. The van der Waals surface area contributed by atoms with E-state index in [0.29, 0.717) is 25.7 Å². The quantitative estimate of drug-likeness (QED) is 0.0485. The molecular weight excluding hydrogens is 556 g/mol. The molecule has 7 atom stereocenters. The summed E-state index contributed by atoms with van der Waals surface area (Å²) in [6, 6.07) is 0. The zero-order valence-electron chi connectivity index (χ0n) is 28.1.